The molecular weight excluding hydrogens is 268 g/mol. The van der Waals surface area contributed by atoms with Gasteiger partial charge in [0.05, 0.1) is 0 Å². The Morgan fingerprint density at radius 3 is 1.12 bits per heavy atom. The van der Waals surface area contributed by atoms with Gasteiger partial charge in [-0.2, -0.15) is 0 Å². The van der Waals surface area contributed by atoms with Crippen LogP contribution in [0.15, 0.2) is 0 Å². The zero-order valence-electron chi connectivity index (χ0n) is 10.6. The summed E-state index contributed by atoms with van der Waals surface area (Å²) in [6, 6.07) is 0. The number of nitrogens with two attached hydrogens (primary N) is 1. The minimum absolute atomic E-state index is 0.815. The van der Waals surface area contributed by atoms with Gasteiger partial charge in [-0.3, -0.25) is 9.13 Å². The maximum atomic E-state index is 11.5. The minimum Gasteiger partial charge on any atom is -0.323 e. The van der Waals surface area contributed by atoms with Crippen LogP contribution in [-0.2, 0) is 9.13 Å². The first-order chi connectivity index (χ1) is 7.00. The second-order valence-electron chi connectivity index (χ2n) is 5.69. The van der Waals surface area contributed by atoms with Gasteiger partial charge in [-0.15, -0.1) is 0 Å². The van der Waals surface area contributed by atoms with E-state index in [0.717, 1.165) is 0 Å². The van der Waals surface area contributed by atoms with Gasteiger partial charge in [0.25, 0.3) is 0 Å². The Balaban J connectivity index is 6.24. The second-order valence-corrected chi connectivity index (χ2v) is 9.63. The van der Waals surface area contributed by atoms with Gasteiger partial charge in [0, 0.05) is 5.41 Å². The zero-order chi connectivity index (χ0) is 14.5. The molecule has 0 spiro atoms. The van der Waals surface area contributed by atoms with E-state index < -0.39 is 31.0 Å². The second kappa shape index (κ2) is 4.14. The highest BCUT2D eigenvalue weighted by Crippen LogP contribution is 2.74. The van der Waals surface area contributed by atoms with Crippen molar-refractivity contribution >= 4 is 15.2 Å². The molecule has 17 heavy (non-hydrogen) atoms. The highest BCUT2D eigenvalue weighted by atomic mass is 31.2. The normalized spacial score (nSPS) is 16.1. The van der Waals surface area contributed by atoms with Crippen LogP contribution < -0.4 is 5.73 Å². The summed E-state index contributed by atoms with van der Waals surface area (Å²) in [4.78, 5) is 37.1. The molecule has 6 N–H and O–H groups in total. The fraction of sp³-hybridized carbons (Fsp3) is 1.00. The first-order valence-corrected chi connectivity index (χ1v) is 8.13. The molecule has 7 nitrogen and oxygen atoms in total. The molecule has 0 aromatic heterocycles. The monoisotopic (exact) mass is 289 g/mol. The molecule has 0 saturated heterocycles. The van der Waals surface area contributed by atoms with Gasteiger partial charge in [-0.05, 0) is 5.41 Å². The summed E-state index contributed by atoms with van der Waals surface area (Å²) in [5.74, 6) is 0. The van der Waals surface area contributed by atoms with E-state index in [2.05, 4.69) is 0 Å². The van der Waals surface area contributed by atoms with E-state index in [9.17, 15) is 28.7 Å². The molecule has 0 bridgehead atoms. The maximum absolute atomic E-state index is 11.5. The fourth-order valence-electron chi connectivity index (χ4n) is 1.45. The van der Waals surface area contributed by atoms with Crippen molar-refractivity contribution in [2.45, 2.75) is 39.6 Å². The van der Waals surface area contributed by atoms with Crippen molar-refractivity contribution in [3.8, 4) is 0 Å². The van der Waals surface area contributed by atoms with Crippen LogP contribution in [0.5, 0.6) is 0 Å². The smallest absolute Gasteiger partial charge is 0.323 e. The van der Waals surface area contributed by atoms with Crippen LogP contribution >= 0.6 is 15.2 Å². The third-order valence-electron chi connectivity index (χ3n) is 3.68. The van der Waals surface area contributed by atoms with Crippen molar-refractivity contribution in [2.24, 2.45) is 16.6 Å². The van der Waals surface area contributed by atoms with Crippen LogP contribution in [0.25, 0.3) is 0 Å². The lowest BCUT2D eigenvalue weighted by Crippen LogP contribution is -2.57. The summed E-state index contributed by atoms with van der Waals surface area (Å²) in [6.07, 6.45) is 0. The van der Waals surface area contributed by atoms with Gasteiger partial charge in [-0.25, -0.2) is 0 Å². The Morgan fingerprint density at radius 2 is 1.06 bits per heavy atom. The molecule has 0 aromatic carbocycles. The quantitative estimate of drug-likeness (QED) is 0.488. The molecule has 0 saturated carbocycles. The molecule has 0 radical (unpaired) electrons. The van der Waals surface area contributed by atoms with Crippen molar-refractivity contribution in [1.82, 2.24) is 0 Å². The first-order valence-electron chi connectivity index (χ1n) is 4.90. The van der Waals surface area contributed by atoms with E-state index in [0.29, 0.717) is 0 Å². The SMILES string of the molecule is CC(C)(C)C(C)(C)C(N)(P(=O)(O)O)P(=O)(O)O. The lowest BCUT2D eigenvalue weighted by Gasteiger charge is -2.50. The summed E-state index contributed by atoms with van der Waals surface area (Å²) < 4.78 is 22.9. The molecule has 9 heteroatoms. The van der Waals surface area contributed by atoms with Crippen LogP contribution in [0.3, 0.4) is 0 Å². The van der Waals surface area contributed by atoms with Crippen molar-refractivity contribution in [3.63, 3.8) is 0 Å². The average Bonchev–Trinajstić information content (AvgIpc) is 1.95. The largest absolute Gasteiger partial charge is 0.358 e. The van der Waals surface area contributed by atoms with Crippen LogP contribution in [0.1, 0.15) is 34.6 Å². The summed E-state index contributed by atoms with van der Waals surface area (Å²) >= 11 is 0. The molecule has 0 aliphatic carbocycles. The van der Waals surface area contributed by atoms with E-state index in [1.165, 1.54) is 13.8 Å². The molecule has 0 fully saturated rings. The summed E-state index contributed by atoms with van der Waals surface area (Å²) in [7, 11) is -10.4. The third-order valence-corrected chi connectivity index (χ3v) is 8.14. The highest BCUT2D eigenvalue weighted by molar-refractivity contribution is 7.72. The molecule has 0 amide bonds. The topological polar surface area (TPSA) is 141 Å². The first kappa shape index (κ1) is 17.3. The Morgan fingerprint density at radius 1 is 0.824 bits per heavy atom. The third kappa shape index (κ3) is 2.51. The van der Waals surface area contributed by atoms with Gasteiger partial charge in [0.1, 0.15) is 0 Å². The summed E-state index contributed by atoms with van der Waals surface area (Å²) in [5.41, 5.74) is 3.19. The van der Waals surface area contributed by atoms with E-state index in [4.69, 9.17) is 5.73 Å². The standard InChI is InChI=1S/C8H21NO6P2/c1-6(2,3)7(4,5)8(9,16(10,11)12)17(13,14)15/h9H2,1-5H3,(H2,10,11,12)(H2,13,14,15). The highest BCUT2D eigenvalue weighted by Gasteiger charge is 2.68. The lowest BCUT2D eigenvalue weighted by atomic mass is 9.69. The predicted molar refractivity (Wildman–Crippen MR) is 64.2 cm³/mol. The average molecular weight is 289 g/mol. The molecule has 0 atom stereocenters. The van der Waals surface area contributed by atoms with Gasteiger partial charge in [-0.1, -0.05) is 34.6 Å². The van der Waals surface area contributed by atoms with Gasteiger partial charge in [0.2, 0.25) is 5.02 Å². The van der Waals surface area contributed by atoms with Crippen molar-refractivity contribution in [1.29, 1.82) is 0 Å². The van der Waals surface area contributed by atoms with Crippen molar-refractivity contribution < 1.29 is 28.7 Å². The van der Waals surface area contributed by atoms with Gasteiger partial charge < -0.3 is 25.3 Å². The Kier molecular flexibility index (Phi) is 4.20. The van der Waals surface area contributed by atoms with Crippen LogP contribution in [0.2, 0.25) is 0 Å². The molecular formula is C8H21NO6P2. The van der Waals surface area contributed by atoms with E-state index >= 15 is 0 Å². The van der Waals surface area contributed by atoms with Gasteiger partial charge >= 0.3 is 15.2 Å². The lowest BCUT2D eigenvalue weighted by molar-refractivity contribution is 0.0823. The van der Waals surface area contributed by atoms with Crippen molar-refractivity contribution in [2.75, 3.05) is 0 Å². The fourth-order valence-corrected chi connectivity index (χ4v) is 4.93. The van der Waals surface area contributed by atoms with E-state index in [1.54, 1.807) is 20.8 Å². The number of hydrogen-bond acceptors (Lipinski definition) is 3. The molecule has 0 aromatic rings. The Bertz CT molecular complexity index is 365. The molecule has 104 valence electrons. The predicted octanol–water partition coefficient (Wildman–Crippen LogP) is 1.03. The van der Waals surface area contributed by atoms with Crippen LogP contribution in [0.4, 0.5) is 0 Å². The van der Waals surface area contributed by atoms with Crippen molar-refractivity contribution in [3.05, 3.63) is 0 Å². The molecule has 0 aliphatic heterocycles. The molecule has 0 unspecified atom stereocenters. The number of hydrogen-bond donors (Lipinski definition) is 5. The summed E-state index contributed by atoms with van der Waals surface area (Å²) in [5, 5.41) is -2.91. The molecule has 0 rings (SSSR count). The summed E-state index contributed by atoms with van der Waals surface area (Å²) in [6.45, 7) is 7.51. The Labute approximate surface area is 101 Å². The minimum atomic E-state index is -5.21. The Hall–Kier alpha value is 0.260. The zero-order valence-corrected chi connectivity index (χ0v) is 12.4. The van der Waals surface area contributed by atoms with Crippen LogP contribution in [0, 0.1) is 10.8 Å². The van der Waals surface area contributed by atoms with Gasteiger partial charge in [0.15, 0.2) is 0 Å². The van der Waals surface area contributed by atoms with Crippen LogP contribution in [-0.4, -0.2) is 24.6 Å². The molecule has 0 heterocycles. The van der Waals surface area contributed by atoms with E-state index in [-0.39, 0.29) is 0 Å². The maximum Gasteiger partial charge on any atom is 0.358 e. The van der Waals surface area contributed by atoms with E-state index in [1.807, 2.05) is 0 Å². The molecule has 0 aliphatic rings. The number of rotatable bonds is 3.